The molecule has 2 heterocycles. The number of hydrogen-bond donors (Lipinski definition) is 0. The first-order valence-corrected chi connectivity index (χ1v) is 3.17. The predicted molar refractivity (Wildman–Crippen MR) is 42.0 cm³/mol. The van der Waals surface area contributed by atoms with Crippen molar-refractivity contribution in [2.24, 2.45) is 9.98 Å². The lowest BCUT2D eigenvalue weighted by Gasteiger charge is -2.18. The summed E-state index contributed by atoms with van der Waals surface area (Å²) in [5, 5.41) is 0. The highest BCUT2D eigenvalue weighted by Gasteiger charge is 2.07. The molecule has 0 spiro atoms. The van der Waals surface area contributed by atoms with Crippen LogP contribution in [0.2, 0.25) is 0 Å². The van der Waals surface area contributed by atoms with Crippen LogP contribution >= 0.6 is 0 Å². The highest BCUT2D eigenvalue weighted by atomic mass is 15.3. The van der Waals surface area contributed by atoms with Gasteiger partial charge in [0.1, 0.15) is 0 Å². The zero-order valence-corrected chi connectivity index (χ0v) is 5.44. The molecule has 2 rings (SSSR count). The van der Waals surface area contributed by atoms with Crippen LogP contribution in [0.5, 0.6) is 0 Å². The summed E-state index contributed by atoms with van der Waals surface area (Å²) in [6, 6.07) is 0. The molecule has 3 nitrogen and oxygen atoms in total. The number of guanidine groups is 1. The Labute approximate surface area is 60.6 Å². The highest BCUT2D eigenvalue weighted by molar-refractivity contribution is 5.95. The van der Waals surface area contributed by atoms with E-state index in [1.807, 2.05) is 29.5 Å². The molecule has 0 radical (unpaired) electrons. The van der Waals surface area contributed by atoms with Crippen molar-refractivity contribution >= 4 is 12.2 Å². The van der Waals surface area contributed by atoms with E-state index in [1.54, 1.807) is 6.21 Å². The van der Waals surface area contributed by atoms with Gasteiger partial charge in [0.15, 0.2) is 0 Å². The SMILES string of the molecule is C1=CN2C=CCN=C2N=C1.[H+]. The Morgan fingerprint density at radius 2 is 2.50 bits per heavy atom. The minimum Gasteiger partial charge on any atom is -0.293 e. The fraction of sp³-hybridized carbons (Fsp3) is 0.143. The summed E-state index contributed by atoms with van der Waals surface area (Å²) >= 11 is 0. The van der Waals surface area contributed by atoms with Crippen LogP contribution in [0, 0.1) is 0 Å². The minimum absolute atomic E-state index is 0. The predicted octanol–water partition coefficient (Wildman–Crippen LogP) is 0.882. The van der Waals surface area contributed by atoms with Gasteiger partial charge in [0, 0.05) is 18.6 Å². The molecule has 0 saturated heterocycles. The summed E-state index contributed by atoms with van der Waals surface area (Å²) in [6.07, 6.45) is 9.52. The molecule has 2 aliphatic rings. The van der Waals surface area contributed by atoms with Crippen LogP contribution in [0.4, 0.5) is 0 Å². The summed E-state index contributed by atoms with van der Waals surface area (Å²) in [5.41, 5.74) is 0. The molecule has 0 aromatic heterocycles. The third kappa shape index (κ3) is 0.757. The van der Waals surface area contributed by atoms with Crippen molar-refractivity contribution in [2.45, 2.75) is 0 Å². The molecule has 0 atom stereocenters. The van der Waals surface area contributed by atoms with Crippen molar-refractivity contribution in [3.63, 3.8) is 0 Å². The molecular weight excluding hydrogens is 126 g/mol. The molecule has 0 aromatic carbocycles. The zero-order chi connectivity index (χ0) is 6.81. The summed E-state index contributed by atoms with van der Waals surface area (Å²) in [5.74, 6) is 0.782. The molecule has 50 valence electrons. The first-order chi connectivity index (χ1) is 4.97. The molecule has 0 N–H and O–H groups in total. The van der Waals surface area contributed by atoms with E-state index in [9.17, 15) is 0 Å². The maximum atomic E-state index is 4.16. The van der Waals surface area contributed by atoms with Gasteiger partial charge in [0.2, 0.25) is 5.96 Å². The molecule has 0 aromatic rings. The van der Waals surface area contributed by atoms with Gasteiger partial charge in [-0.15, -0.1) is 0 Å². The number of hydrogen-bond acceptors (Lipinski definition) is 3. The molecular formula is C7H8N3+. The molecule has 0 amide bonds. The number of aliphatic imine (C=N–C) groups is 2. The number of nitrogens with zero attached hydrogens (tertiary/aromatic N) is 3. The fourth-order valence-corrected chi connectivity index (χ4v) is 0.908. The summed E-state index contributed by atoms with van der Waals surface area (Å²) in [7, 11) is 0. The Hall–Kier alpha value is -1.38. The highest BCUT2D eigenvalue weighted by Crippen LogP contribution is 2.04. The molecule has 10 heavy (non-hydrogen) atoms. The van der Waals surface area contributed by atoms with Crippen LogP contribution in [-0.2, 0) is 0 Å². The lowest BCUT2D eigenvalue weighted by atomic mass is 10.4. The second-order valence-electron chi connectivity index (χ2n) is 2.05. The van der Waals surface area contributed by atoms with Crippen molar-refractivity contribution < 1.29 is 1.43 Å². The molecule has 0 saturated carbocycles. The van der Waals surface area contributed by atoms with E-state index in [1.165, 1.54) is 0 Å². The first kappa shape index (κ1) is 5.41. The van der Waals surface area contributed by atoms with Gasteiger partial charge in [-0.1, -0.05) is 0 Å². The van der Waals surface area contributed by atoms with E-state index >= 15 is 0 Å². The van der Waals surface area contributed by atoms with Gasteiger partial charge in [-0.3, -0.25) is 4.90 Å². The van der Waals surface area contributed by atoms with Gasteiger partial charge in [-0.05, 0) is 12.2 Å². The molecule has 0 aliphatic carbocycles. The Morgan fingerprint density at radius 3 is 3.40 bits per heavy atom. The number of fused-ring (bicyclic) bond motifs is 1. The third-order valence-corrected chi connectivity index (χ3v) is 1.36. The maximum Gasteiger partial charge on any atom is 1.00 e. The van der Waals surface area contributed by atoms with E-state index in [2.05, 4.69) is 9.98 Å². The monoisotopic (exact) mass is 134 g/mol. The van der Waals surface area contributed by atoms with Gasteiger partial charge >= 0.3 is 1.43 Å². The Morgan fingerprint density at radius 1 is 1.50 bits per heavy atom. The van der Waals surface area contributed by atoms with E-state index < -0.39 is 0 Å². The van der Waals surface area contributed by atoms with Crippen LogP contribution in [0.3, 0.4) is 0 Å². The molecule has 0 unspecified atom stereocenters. The van der Waals surface area contributed by atoms with Crippen LogP contribution in [0.25, 0.3) is 0 Å². The Bertz CT molecular complexity index is 252. The average Bonchev–Trinajstić information content (AvgIpc) is 2.05. The van der Waals surface area contributed by atoms with Crippen LogP contribution in [0.1, 0.15) is 1.43 Å². The normalized spacial score (nSPS) is 20.8. The van der Waals surface area contributed by atoms with Gasteiger partial charge in [0.05, 0.1) is 6.54 Å². The largest absolute Gasteiger partial charge is 1.00 e. The number of rotatable bonds is 0. The van der Waals surface area contributed by atoms with Gasteiger partial charge in [0.25, 0.3) is 0 Å². The molecule has 3 heteroatoms. The Kier molecular flexibility index (Phi) is 1.13. The molecule has 2 aliphatic heterocycles. The fourth-order valence-electron chi connectivity index (χ4n) is 0.908. The second kappa shape index (κ2) is 2.10. The van der Waals surface area contributed by atoms with Crippen LogP contribution < -0.4 is 0 Å². The maximum absolute atomic E-state index is 4.16. The topological polar surface area (TPSA) is 28.0 Å². The average molecular weight is 134 g/mol. The summed E-state index contributed by atoms with van der Waals surface area (Å²) in [4.78, 5) is 10.1. The Balaban J connectivity index is 0.000000605. The lowest BCUT2D eigenvalue weighted by molar-refractivity contribution is 0.720. The van der Waals surface area contributed by atoms with Crippen molar-refractivity contribution in [3.8, 4) is 0 Å². The second-order valence-corrected chi connectivity index (χ2v) is 2.05. The van der Waals surface area contributed by atoms with Gasteiger partial charge in [-0.25, -0.2) is 9.98 Å². The van der Waals surface area contributed by atoms with Crippen molar-refractivity contribution in [1.82, 2.24) is 4.90 Å². The number of allylic oxidation sites excluding steroid dienone is 1. The van der Waals surface area contributed by atoms with E-state index in [0.29, 0.717) is 0 Å². The summed E-state index contributed by atoms with van der Waals surface area (Å²) in [6.45, 7) is 0.747. The van der Waals surface area contributed by atoms with Crippen molar-refractivity contribution in [3.05, 3.63) is 24.6 Å². The van der Waals surface area contributed by atoms with E-state index in [-0.39, 0.29) is 1.43 Å². The van der Waals surface area contributed by atoms with Crippen molar-refractivity contribution in [1.29, 1.82) is 0 Å². The minimum atomic E-state index is 0. The molecule has 0 bridgehead atoms. The van der Waals surface area contributed by atoms with Gasteiger partial charge in [-0.2, -0.15) is 0 Å². The van der Waals surface area contributed by atoms with E-state index in [4.69, 9.17) is 0 Å². The summed E-state index contributed by atoms with van der Waals surface area (Å²) < 4.78 is 0. The van der Waals surface area contributed by atoms with Crippen LogP contribution in [0.15, 0.2) is 34.5 Å². The van der Waals surface area contributed by atoms with Crippen molar-refractivity contribution in [2.75, 3.05) is 6.54 Å². The lowest BCUT2D eigenvalue weighted by Crippen LogP contribution is -2.23. The van der Waals surface area contributed by atoms with E-state index in [0.717, 1.165) is 12.5 Å². The smallest absolute Gasteiger partial charge is 0.293 e. The molecule has 0 fully saturated rings. The standard InChI is InChI=1S/C7H7N3/c1-3-8-7-9-4-2-6-10(7)5-1/h1-3,5-6H,4H2/p+1. The quantitative estimate of drug-likeness (QED) is 0.483. The first-order valence-electron chi connectivity index (χ1n) is 3.17. The third-order valence-electron chi connectivity index (χ3n) is 1.36. The van der Waals surface area contributed by atoms with Crippen LogP contribution in [-0.4, -0.2) is 23.6 Å². The van der Waals surface area contributed by atoms with Gasteiger partial charge < -0.3 is 0 Å². The zero-order valence-electron chi connectivity index (χ0n) is 6.44.